The highest BCUT2D eigenvalue weighted by molar-refractivity contribution is 7.80. The van der Waals surface area contributed by atoms with E-state index in [0.717, 1.165) is 18.4 Å². The molecule has 0 spiro atoms. The Balaban J connectivity index is 2.18. The molecule has 17 heavy (non-hydrogen) atoms. The molecule has 0 heterocycles. The third kappa shape index (κ3) is 2.82. The van der Waals surface area contributed by atoms with Gasteiger partial charge in [0, 0.05) is 5.54 Å². The van der Waals surface area contributed by atoms with Crippen molar-refractivity contribution >= 4 is 23.1 Å². The van der Waals surface area contributed by atoms with E-state index in [2.05, 4.69) is 5.32 Å². The molecule has 1 aliphatic carbocycles. The summed E-state index contributed by atoms with van der Waals surface area (Å²) in [7, 11) is 0. The van der Waals surface area contributed by atoms with Gasteiger partial charge in [-0.05, 0) is 25.3 Å². The lowest BCUT2D eigenvalue weighted by Gasteiger charge is -2.19. The van der Waals surface area contributed by atoms with Gasteiger partial charge < -0.3 is 11.1 Å². The molecule has 0 aliphatic heterocycles. The van der Waals surface area contributed by atoms with Gasteiger partial charge in [0.2, 0.25) is 5.91 Å². The zero-order valence-corrected chi connectivity index (χ0v) is 10.6. The lowest BCUT2D eigenvalue weighted by atomic mass is 9.98. The maximum absolute atomic E-state index is 12.2. The summed E-state index contributed by atoms with van der Waals surface area (Å²) in [4.78, 5) is 12.4. The van der Waals surface area contributed by atoms with Crippen LogP contribution >= 0.6 is 12.2 Å². The van der Waals surface area contributed by atoms with E-state index in [1.165, 1.54) is 0 Å². The van der Waals surface area contributed by atoms with Crippen molar-refractivity contribution < 1.29 is 4.79 Å². The second kappa shape index (κ2) is 4.45. The van der Waals surface area contributed by atoms with Crippen LogP contribution in [0.2, 0.25) is 0 Å². The molecule has 2 rings (SSSR count). The third-order valence-electron chi connectivity index (χ3n) is 3.10. The van der Waals surface area contributed by atoms with Crippen LogP contribution in [0.3, 0.4) is 0 Å². The van der Waals surface area contributed by atoms with Crippen LogP contribution in [-0.4, -0.2) is 16.4 Å². The first kappa shape index (κ1) is 12.0. The van der Waals surface area contributed by atoms with Crippen molar-refractivity contribution in [2.75, 3.05) is 0 Å². The average molecular weight is 248 g/mol. The van der Waals surface area contributed by atoms with Crippen molar-refractivity contribution in [1.29, 1.82) is 0 Å². The fourth-order valence-electron chi connectivity index (χ4n) is 1.77. The Morgan fingerprint density at radius 1 is 1.41 bits per heavy atom. The zero-order chi connectivity index (χ0) is 12.5. The van der Waals surface area contributed by atoms with Crippen LogP contribution in [0.25, 0.3) is 0 Å². The Bertz CT molecular complexity index is 440. The molecule has 0 aromatic heterocycles. The molecule has 1 aromatic carbocycles. The van der Waals surface area contributed by atoms with E-state index in [1.807, 2.05) is 37.3 Å². The normalized spacial score (nSPS) is 18.2. The van der Waals surface area contributed by atoms with Crippen molar-refractivity contribution in [2.24, 2.45) is 5.73 Å². The topological polar surface area (TPSA) is 55.1 Å². The summed E-state index contributed by atoms with van der Waals surface area (Å²) in [6.45, 7) is 2.03. The van der Waals surface area contributed by atoms with Crippen molar-refractivity contribution in [3.8, 4) is 0 Å². The minimum atomic E-state index is -0.524. The van der Waals surface area contributed by atoms with Crippen molar-refractivity contribution in [3.05, 3.63) is 35.9 Å². The molecule has 1 atom stereocenters. The van der Waals surface area contributed by atoms with Crippen LogP contribution < -0.4 is 11.1 Å². The fraction of sp³-hybridized carbons (Fsp3) is 0.385. The Hall–Kier alpha value is -1.42. The van der Waals surface area contributed by atoms with Gasteiger partial charge in [-0.25, -0.2) is 0 Å². The number of benzene rings is 1. The highest BCUT2D eigenvalue weighted by atomic mass is 32.1. The molecule has 0 radical (unpaired) electrons. The monoisotopic (exact) mass is 248 g/mol. The number of nitrogens with two attached hydrogens (primary N) is 1. The lowest BCUT2D eigenvalue weighted by molar-refractivity contribution is -0.121. The van der Waals surface area contributed by atoms with Crippen LogP contribution in [0.4, 0.5) is 0 Å². The van der Waals surface area contributed by atoms with Crippen LogP contribution in [0.5, 0.6) is 0 Å². The zero-order valence-electron chi connectivity index (χ0n) is 9.77. The predicted molar refractivity (Wildman–Crippen MR) is 71.8 cm³/mol. The van der Waals surface area contributed by atoms with Crippen molar-refractivity contribution in [2.45, 2.75) is 31.2 Å². The Morgan fingerprint density at radius 2 is 2.00 bits per heavy atom. The summed E-state index contributed by atoms with van der Waals surface area (Å²) >= 11 is 5.00. The van der Waals surface area contributed by atoms with Gasteiger partial charge in [-0.3, -0.25) is 4.79 Å². The number of carbonyl (C=O) groups is 1. The summed E-state index contributed by atoms with van der Waals surface area (Å²) in [5.41, 5.74) is 6.48. The second-order valence-corrected chi connectivity index (χ2v) is 5.27. The average Bonchev–Trinajstić information content (AvgIpc) is 2.97. The summed E-state index contributed by atoms with van der Waals surface area (Å²) < 4.78 is 0. The van der Waals surface area contributed by atoms with Gasteiger partial charge in [-0.2, -0.15) is 0 Å². The molecule has 90 valence electrons. The predicted octanol–water partition coefficient (Wildman–Crippen LogP) is 1.72. The molecule has 1 saturated carbocycles. The van der Waals surface area contributed by atoms with Crippen LogP contribution in [0.1, 0.15) is 31.2 Å². The second-order valence-electron chi connectivity index (χ2n) is 4.80. The van der Waals surface area contributed by atoms with Gasteiger partial charge >= 0.3 is 0 Å². The van der Waals surface area contributed by atoms with Crippen LogP contribution in [0, 0.1) is 0 Å². The van der Waals surface area contributed by atoms with E-state index in [-0.39, 0.29) is 16.4 Å². The highest BCUT2D eigenvalue weighted by Gasteiger charge is 2.40. The molecule has 0 bridgehead atoms. The number of amides is 1. The number of rotatable bonds is 4. The first-order chi connectivity index (χ1) is 8.02. The molecule has 1 fully saturated rings. The van der Waals surface area contributed by atoms with Gasteiger partial charge in [0.1, 0.15) is 5.92 Å². The van der Waals surface area contributed by atoms with E-state index in [1.54, 1.807) is 0 Å². The molecule has 4 heteroatoms. The van der Waals surface area contributed by atoms with E-state index >= 15 is 0 Å². The fourth-order valence-corrected chi connectivity index (χ4v) is 2.02. The summed E-state index contributed by atoms with van der Waals surface area (Å²) in [6, 6.07) is 9.41. The Morgan fingerprint density at radius 3 is 2.47 bits per heavy atom. The molecule has 0 saturated heterocycles. The maximum Gasteiger partial charge on any atom is 0.234 e. The number of nitrogens with one attached hydrogen (secondary N) is 1. The number of thiocarbonyl (C=S) groups is 1. The molecule has 1 unspecified atom stereocenters. The summed E-state index contributed by atoms with van der Waals surface area (Å²) in [5.74, 6) is -0.618. The number of carbonyl (C=O) groups excluding carboxylic acids is 1. The van der Waals surface area contributed by atoms with E-state index in [0.29, 0.717) is 0 Å². The molecule has 1 aromatic rings. The first-order valence-electron chi connectivity index (χ1n) is 5.68. The highest BCUT2D eigenvalue weighted by Crippen LogP contribution is 2.35. The minimum Gasteiger partial charge on any atom is -0.392 e. The summed E-state index contributed by atoms with van der Waals surface area (Å²) in [5, 5.41) is 3.00. The maximum atomic E-state index is 12.2. The lowest BCUT2D eigenvalue weighted by Crippen LogP contribution is -2.41. The van der Waals surface area contributed by atoms with E-state index < -0.39 is 5.92 Å². The summed E-state index contributed by atoms with van der Waals surface area (Å²) in [6.07, 6.45) is 2.05. The van der Waals surface area contributed by atoms with Gasteiger partial charge in [-0.15, -0.1) is 0 Å². The third-order valence-corrected chi connectivity index (χ3v) is 3.34. The van der Waals surface area contributed by atoms with Gasteiger partial charge in [-0.1, -0.05) is 42.5 Å². The number of hydrogen-bond acceptors (Lipinski definition) is 2. The van der Waals surface area contributed by atoms with Crippen LogP contribution in [-0.2, 0) is 4.79 Å². The van der Waals surface area contributed by atoms with Crippen molar-refractivity contribution in [3.63, 3.8) is 0 Å². The van der Waals surface area contributed by atoms with Crippen LogP contribution in [0.15, 0.2) is 30.3 Å². The first-order valence-corrected chi connectivity index (χ1v) is 6.09. The molecular formula is C13H16N2OS. The molecule has 3 nitrogen and oxygen atoms in total. The SMILES string of the molecule is CC1(NC(=O)C(C(N)=S)c2ccccc2)CC1. The van der Waals surface area contributed by atoms with E-state index in [4.69, 9.17) is 18.0 Å². The molecular weight excluding hydrogens is 232 g/mol. The Kier molecular flexibility index (Phi) is 3.15. The largest absolute Gasteiger partial charge is 0.392 e. The van der Waals surface area contributed by atoms with E-state index in [9.17, 15) is 4.79 Å². The van der Waals surface area contributed by atoms with Gasteiger partial charge in [0.05, 0.1) is 4.99 Å². The minimum absolute atomic E-state index is 0.0467. The standard InChI is InChI=1S/C13H16N2OS/c1-13(7-8-13)15-12(16)10(11(14)17)9-5-3-2-4-6-9/h2-6,10H,7-8H2,1H3,(H2,14,17)(H,15,16). The molecule has 1 amide bonds. The van der Waals surface area contributed by atoms with Gasteiger partial charge in [0.25, 0.3) is 0 Å². The smallest absolute Gasteiger partial charge is 0.234 e. The quantitative estimate of drug-likeness (QED) is 0.798. The number of hydrogen-bond donors (Lipinski definition) is 2. The molecule has 1 aliphatic rings. The Labute approximate surface area is 106 Å². The van der Waals surface area contributed by atoms with Crippen molar-refractivity contribution in [1.82, 2.24) is 5.32 Å². The molecule has 3 N–H and O–H groups in total. The van der Waals surface area contributed by atoms with Gasteiger partial charge in [0.15, 0.2) is 0 Å².